The van der Waals surface area contributed by atoms with E-state index in [1.165, 1.54) is 12.1 Å². The predicted octanol–water partition coefficient (Wildman–Crippen LogP) is 2.42. The molecule has 2 aromatic carbocycles. The first-order valence-corrected chi connectivity index (χ1v) is 7.88. The number of nitrogens with two attached hydrogens (primary N) is 1. The molecule has 1 saturated carbocycles. The van der Waals surface area contributed by atoms with Crippen molar-refractivity contribution in [3.63, 3.8) is 0 Å². The van der Waals surface area contributed by atoms with Crippen molar-refractivity contribution in [2.24, 2.45) is 11.8 Å². The maximum absolute atomic E-state index is 13.6. The number of aliphatic carboxylic acids is 1. The van der Waals surface area contributed by atoms with E-state index < -0.39 is 23.6 Å². The van der Waals surface area contributed by atoms with E-state index in [1.807, 2.05) is 0 Å². The van der Waals surface area contributed by atoms with E-state index in [4.69, 9.17) is 5.73 Å². The molecule has 0 aromatic heterocycles. The first-order chi connectivity index (χ1) is 11.5. The lowest BCUT2D eigenvalue weighted by Crippen LogP contribution is -2.36. The number of rotatable bonds is 4. The molecule has 0 unspecified atom stereocenters. The second-order valence-electron chi connectivity index (χ2n) is 6.14. The van der Waals surface area contributed by atoms with Gasteiger partial charge in [-0.05, 0) is 36.1 Å². The van der Waals surface area contributed by atoms with E-state index in [0.29, 0.717) is 24.0 Å². The Morgan fingerprint density at radius 3 is 2.25 bits per heavy atom. The summed E-state index contributed by atoms with van der Waals surface area (Å²) in [4.78, 5) is 23.7. The van der Waals surface area contributed by atoms with Gasteiger partial charge in [-0.1, -0.05) is 36.8 Å². The van der Waals surface area contributed by atoms with Crippen LogP contribution >= 0.6 is 0 Å². The molecule has 0 saturated heterocycles. The predicted molar refractivity (Wildman–Crippen MR) is 86.4 cm³/mol. The normalized spacial score (nSPS) is 20.0. The Morgan fingerprint density at radius 1 is 1.00 bits per heavy atom. The zero-order valence-corrected chi connectivity index (χ0v) is 13.0. The number of carbonyl (C=O) groups excluding carboxylic acids is 2. The molecule has 24 heavy (non-hydrogen) atoms. The minimum atomic E-state index is -1.15. The quantitative estimate of drug-likeness (QED) is 0.691. The largest absolute Gasteiger partial charge is 0.550 e. The number of ketones is 1. The molecule has 2 N–H and O–H groups in total. The summed E-state index contributed by atoms with van der Waals surface area (Å²) in [5, 5.41) is 11.1. The Morgan fingerprint density at radius 2 is 1.62 bits per heavy atom. The van der Waals surface area contributed by atoms with Crippen molar-refractivity contribution in [3.05, 3.63) is 53.8 Å². The van der Waals surface area contributed by atoms with Crippen LogP contribution in [0.4, 0.5) is 10.1 Å². The maximum Gasteiger partial charge on any atom is 0.166 e. The van der Waals surface area contributed by atoms with Gasteiger partial charge in [0.1, 0.15) is 5.82 Å². The van der Waals surface area contributed by atoms with Gasteiger partial charge in [-0.2, -0.15) is 0 Å². The number of anilines is 1. The average molecular weight is 326 g/mol. The highest BCUT2D eigenvalue weighted by Crippen LogP contribution is 2.34. The fourth-order valence-electron chi connectivity index (χ4n) is 3.30. The zero-order valence-electron chi connectivity index (χ0n) is 13.0. The molecule has 1 aliphatic carbocycles. The number of Topliss-reactive ketones (excluding diaryl/α,β-unsaturated/α-hetero) is 1. The van der Waals surface area contributed by atoms with Gasteiger partial charge >= 0.3 is 0 Å². The fraction of sp³-hybridized carbons (Fsp3) is 0.263. The van der Waals surface area contributed by atoms with Crippen molar-refractivity contribution in [3.8, 4) is 11.1 Å². The lowest BCUT2D eigenvalue weighted by atomic mass is 9.88. The van der Waals surface area contributed by atoms with E-state index in [1.54, 1.807) is 30.3 Å². The first-order valence-electron chi connectivity index (χ1n) is 7.88. The number of halogens is 1. The number of carboxylic acids is 1. The Labute approximate surface area is 139 Å². The van der Waals surface area contributed by atoms with Gasteiger partial charge in [0.15, 0.2) is 5.78 Å². The highest BCUT2D eigenvalue weighted by atomic mass is 19.1. The Hall–Kier alpha value is -2.69. The Balaban J connectivity index is 1.82. The monoisotopic (exact) mass is 326 g/mol. The van der Waals surface area contributed by atoms with Crippen molar-refractivity contribution in [2.75, 3.05) is 5.73 Å². The summed E-state index contributed by atoms with van der Waals surface area (Å²) in [6.07, 6.45) is 1.78. The highest BCUT2D eigenvalue weighted by molar-refractivity contribution is 6.00. The number of benzene rings is 2. The number of carboxylic acid groups (broad SMARTS) is 1. The highest BCUT2D eigenvalue weighted by Gasteiger charge is 2.34. The van der Waals surface area contributed by atoms with Crippen LogP contribution in [0.2, 0.25) is 0 Å². The third-order valence-corrected chi connectivity index (χ3v) is 4.66. The van der Waals surface area contributed by atoms with Crippen LogP contribution in [0.15, 0.2) is 42.5 Å². The van der Waals surface area contributed by atoms with Crippen molar-refractivity contribution in [1.82, 2.24) is 0 Å². The van der Waals surface area contributed by atoms with Gasteiger partial charge in [-0.3, -0.25) is 4.79 Å². The van der Waals surface area contributed by atoms with Crippen LogP contribution in [0, 0.1) is 17.7 Å². The topological polar surface area (TPSA) is 83.2 Å². The van der Waals surface area contributed by atoms with Gasteiger partial charge < -0.3 is 15.6 Å². The standard InChI is InChI=1S/C19H18FNO3/c20-16-10-13(8-9-17(16)21)11-4-6-12(7-5-11)18(22)14-2-1-3-15(14)19(23)24/h4-10,14-15H,1-3,21H2,(H,23,24)/p-1/t14-,15-/m1/s1. The molecule has 5 heteroatoms. The van der Waals surface area contributed by atoms with E-state index in [0.717, 1.165) is 12.0 Å². The molecular formula is C19H17FNO3-. The van der Waals surface area contributed by atoms with Gasteiger partial charge in [0, 0.05) is 23.4 Å². The summed E-state index contributed by atoms with van der Waals surface area (Å²) in [7, 11) is 0. The summed E-state index contributed by atoms with van der Waals surface area (Å²) >= 11 is 0. The zero-order chi connectivity index (χ0) is 17.3. The molecule has 1 fully saturated rings. The van der Waals surface area contributed by atoms with E-state index in [9.17, 15) is 19.1 Å². The van der Waals surface area contributed by atoms with Gasteiger partial charge in [-0.25, -0.2) is 4.39 Å². The van der Waals surface area contributed by atoms with Crippen molar-refractivity contribution in [1.29, 1.82) is 0 Å². The molecule has 0 spiro atoms. The number of hydrogen-bond donors (Lipinski definition) is 1. The minimum absolute atomic E-state index is 0.0834. The van der Waals surface area contributed by atoms with Crippen molar-refractivity contribution in [2.45, 2.75) is 19.3 Å². The molecule has 1 aliphatic rings. The van der Waals surface area contributed by atoms with Crippen molar-refractivity contribution < 1.29 is 19.1 Å². The van der Waals surface area contributed by atoms with Crippen molar-refractivity contribution >= 4 is 17.4 Å². The molecule has 4 nitrogen and oxygen atoms in total. The van der Waals surface area contributed by atoms with E-state index in [-0.39, 0.29) is 11.5 Å². The van der Waals surface area contributed by atoms with Crippen LogP contribution in [0.5, 0.6) is 0 Å². The molecule has 2 aromatic rings. The first kappa shape index (κ1) is 16.2. The van der Waals surface area contributed by atoms with E-state index >= 15 is 0 Å². The smallest absolute Gasteiger partial charge is 0.166 e. The summed E-state index contributed by atoms with van der Waals surface area (Å²) in [6, 6.07) is 11.3. The van der Waals surface area contributed by atoms with Crippen LogP contribution in [-0.4, -0.2) is 11.8 Å². The van der Waals surface area contributed by atoms with Crippen LogP contribution in [0.3, 0.4) is 0 Å². The number of nitrogen functional groups attached to an aromatic ring is 1. The molecule has 0 radical (unpaired) electrons. The van der Waals surface area contributed by atoms with Gasteiger partial charge in [0.05, 0.1) is 5.69 Å². The van der Waals surface area contributed by atoms with Gasteiger partial charge in [-0.15, -0.1) is 0 Å². The van der Waals surface area contributed by atoms with Crippen LogP contribution in [0.25, 0.3) is 11.1 Å². The third kappa shape index (κ3) is 3.02. The van der Waals surface area contributed by atoms with Crippen LogP contribution < -0.4 is 10.8 Å². The Kier molecular flexibility index (Phi) is 4.34. The molecule has 0 bridgehead atoms. The molecule has 0 amide bonds. The SMILES string of the molecule is Nc1ccc(-c2ccc(C(=O)[C@@H]3CCC[C@H]3C(=O)[O-])cc2)cc1F. The summed E-state index contributed by atoms with van der Waals surface area (Å²) < 4.78 is 13.6. The molecule has 0 aliphatic heterocycles. The molecule has 2 atom stereocenters. The molecule has 3 rings (SSSR count). The van der Waals surface area contributed by atoms with Gasteiger partial charge in [0.2, 0.25) is 0 Å². The summed E-state index contributed by atoms with van der Waals surface area (Å²) in [5.41, 5.74) is 7.43. The molecule has 124 valence electrons. The van der Waals surface area contributed by atoms with Gasteiger partial charge in [0.25, 0.3) is 0 Å². The minimum Gasteiger partial charge on any atom is -0.550 e. The maximum atomic E-state index is 13.6. The fourth-order valence-corrected chi connectivity index (χ4v) is 3.30. The molecule has 0 heterocycles. The number of carbonyl (C=O) groups is 2. The number of hydrogen-bond acceptors (Lipinski definition) is 4. The molecular weight excluding hydrogens is 309 g/mol. The van der Waals surface area contributed by atoms with Crippen LogP contribution in [0.1, 0.15) is 29.6 Å². The summed E-state index contributed by atoms with van der Waals surface area (Å²) in [6.45, 7) is 0. The average Bonchev–Trinajstić information content (AvgIpc) is 3.07. The Bertz CT molecular complexity index is 786. The third-order valence-electron chi connectivity index (χ3n) is 4.66. The summed E-state index contributed by atoms with van der Waals surface area (Å²) in [5.74, 6) is -3.04. The van der Waals surface area contributed by atoms with E-state index in [2.05, 4.69) is 0 Å². The lowest BCUT2D eigenvalue weighted by molar-refractivity contribution is -0.312. The van der Waals surface area contributed by atoms with Crippen LogP contribution in [-0.2, 0) is 4.79 Å². The second kappa shape index (κ2) is 6.43. The lowest BCUT2D eigenvalue weighted by Gasteiger charge is -2.19. The second-order valence-corrected chi connectivity index (χ2v) is 6.14.